The van der Waals surface area contributed by atoms with Crippen LogP contribution in [0.4, 0.5) is 0 Å². The molecule has 2 aliphatic rings. The Labute approximate surface area is 134 Å². The Hall–Kier alpha value is -0.810. The van der Waals surface area contributed by atoms with E-state index in [2.05, 4.69) is 10.6 Å². The van der Waals surface area contributed by atoms with E-state index in [4.69, 9.17) is 27.9 Å². The number of rotatable bonds is 4. The summed E-state index contributed by atoms with van der Waals surface area (Å²) >= 11 is 12.5. The highest BCUT2D eigenvalue weighted by atomic mass is 35.5. The second kappa shape index (κ2) is 6.13. The zero-order chi connectivity index (χ0) is 14.9. The lowest BCUT2D eigenvalue weighted by atomic mass is 10.0. The van der Waals surface area contributed by atoms with E-state index in [0.29, 0.717) is 29.7 Å². The maximum absolute atomic E-state index is 12.3. The molecular weight excluding hydrogens is 311 g/mol. The fraction of sp³-hybridized carbons (Fsp3) is 0.533. The third-order valence-electron chi connectivity index (χ3n) is 4.00. The van der Waals surface area contributed by atoms with Gasteiger partial charge in [0.25, 0.3) is 0 Å². The molecule has 1 aromatic rings. The molecule has 2 N–H and O–H groups in total. The molecule has 1 aliphatic heterocycles. The topological polar surface area (TPSA) is 50.4 Å². The number of morpholine rings is 1. The highest BCUT2D eigenvalue weighted by Crippen LogP contribution is 2.50. The van der Waals surface area contributed by atoms with Gasteiger partial charge in [-0.15, -0.1) is 0 Å². The predicted molar refractivity (Wildman–Crippen MR) is 82.7 cm³/mol. The zero-order valence-electron chi connectivity index (χ0n) is 11.6. The normalized spacial score (nSPS) is 23.6. The molecular formula is C15H18Cl2N2O2. The maximum atomic E-state index is 12.3. The second-order valence-corrected chi connectivity index (χ2v) is 6.47. The molecule has 4 nitrogen and oxygen atoms in total. The smallest absolute Gasteiger partial charge is 0.222 e. The van der Waals surface area contributed by atoms with E-state index in [1.807, 2.05) is 18.2 Å². The van der Waals surface area contributed by atoms with Gasteiger partial charge in [0.15, 0.2) is 0 Å². The molecule has 0 bridgehead atoms. The first kappa shape index (κ1) is 15.1. The third-order valence-corrected chi connectivity index (χ3v) is 4.63. The predicted octanol–water partition coefficient (Wildman–Crippen LogP) is 2.48. The van der Waals surface area contributed by atoms with Crippen LogP contribution in [0.5, 0.6) is 0 Å². The van der Waals surface area contributed by atoms with Gasteiger partial charge >= 0.3 is 0 Å². The molecule has 0 radical (unpaired) electrons. The van der Waals surface area contributed by atoms with E-state index in [-0.39, 0.29) is 17.5 Å². The van der Waals surface area contributed by atoms with Crippen LogP contribution in [0.3, 0.4) is 0 Å². The monoisotopic (exact) mass is 328 g/mol. The van der Waals surface area contributed by atoms with Crippen molar-refractivity contribution < 1.29 is 9.53 Å². The summed E-state index contributed by atoms with van der Waals surface area (Å²) in [5, 5.41) is 7.61. The van der Waals surface area contributed by atoms with Crippen LogP contribution in [0.1, 0.15) is 24.8 Å². The largest absolute Gasteiger partial charge is 0.378 e. The number of carbonyl (C=O) groups is 1. The van der Waals surface area contributed by atoms with E-state index < -0.39 is 0 Å². The van der Waals surface area contributed by atoms with Crippen molar-refractivity contribution in [2.75, 3.05) is 19.8 Å². The number of hydrogen-bond acceptors (Lipinski definition) is 3. The molecule has 3 rings (SSSR count). The fourth-order valence-corrected chi connectivity index (χ4v) is 3.57. The summed E-state index contributed by atoms with van der Waals surface area (Å²) in [5.74, 6) is 0.00601. The first-order valence-corrected chi connectivity index (χ1v) is 7.93. The molecule has 1 aliphatic carbocycles. The van der Waals surface area contributed by atoms with Gasteiger partial charge in [0.05, 0.1) is 18.8 Å². The van der Waals surface area contributed by atoms with E-state index in [9.17, 15) is 4.79 Å². The van der Waals surface area contributed by atoms with Gasteiger partial charge in [-0.05, 0) is 25.0 Å². The number of amides is 1. The van der Waals surface area contributed by atoms with Gasteiger partial charge in [0.2, 0.25) is 5.91 Å². The van der Waals surface area contributed by atoms with Crippen molar-refractivity contribution in [2.24, 2.45) is 0 Å². The Bertz CT molecular complexity index is 520. The minimum Gasteiger partial charge on any atom is -0.378 e. The van der Waals surface area contributed by atoms with Crippen molar-refractivity contribution in [3.63, 3.8) is 0 Å². The van der Waals surface area contributed by atoms with Gasteiger partial charge in [-0.25, -0.2) is 0 Å². The zero-order valence-corrected chi connectivity index (χ0v) is 13.1. The van der Waals surface area contributed by atoms with E-state index in [1.165, 1.54) is 0 Å². The summed E-state index contributed by atoms with van der Waals surface area (Å²) in [4.78, 5) is 12.3. The van der Waals surface area contributed by atoms with Gasteiger partial charge in [0.1, 0.15) is 0 Å². The van der Waals surface area contributed by atoms with Crippen LogP contribution in [-0.2, 0) is 15.1 Å². The van der Waals surface area contributed by atoms with Crippen molar-refractivity contribution in [3.05, 3.63) is 33.8 Å². The molecule has 1 heterocycles. The molecule has 0 spiro atoms. The van der Waals surface area contributed by atoms with Crippen molar-refractivity contribution in [1.29, 1.82) is 0 Å². The number of nitrogens with one attached hydrogen (secondary N) is 2. The number of benzene rings is 1. The highest BCUT2D eigenvalue weighted by molar-refractivity contribution is 6.36. The maximum Gasteiger partial charge on any atom is 0.222 e. The number of carbonyl (C=O) groups excluding carboxylic acids is 1. The molecule has 114 valence electrons. The molecule has 1 saturated heterocycles. The van der Waals surface area contributed by atoms with Gasteiger partial charge < -0.3 is 15.4 Å². The molecule has 1 amide bonds. The minimum absolute atomic E-state index is 0.00601. The first-order chi connectivity index (χ1) is 10.1. The quantitative estimate of drug-likeness (QED) is 0.892. The van der Waals surface area contributed by atoms with Crippen molar-refractivity contribution in [2.45, 2.75) is 30.8 Å². The summed E-state index contributed by atoms with van der Waals surface area (Å²) in [7, 11) is 0. The molecule has 2 fully saturated rings. The molecule has 1 saturated carbocycles. The van der Waals surface area contributed by atoms with E-state index in [0.717, 1.165) is 24.9 Å². The van der Waals surface area contributed by atoms with Crippen LogP contribution in [0.25, 0.3) is 0 Å². The van der Waals surface area contributed by atoms with Crippen LogP contribution in [0, 0.1) is 0 Å². The molecule has 6 heteroatoms. The van der Waals surface area contributed by atoms with Gasteiger partial charge in [-0.3, -0.25) is 4.79 Å². The molecule has 1 aromatic carbocycles. The number of hydrogen-bond donors (Lipinski definition) is 2. The van der Waals surface area contributed by atoms with Crippen LogP contribution >= 0.6 is 23.2 Å². The van der Waals surface area contributed by atoms with E-state index >= 15 is 0 Å². The summed E-state index contributed by atoms with van der Waals surface area (Å²) in [6.45, 7) is 2.07. The Balaban J connectivity index is 1.67. The fourth-order valence-electron chi connectivity index (χ4n) is 2.81. The standard InChI is InChI=1S/C15H18Cl2N2O2/c16-11-2-1-3-12(17)14(11)15(4-5-15)19-13(20)8-10-9-21-7-6-18-10/h1-3,10,18H,4-9H2,(H,19,20). The van der Waals surface area contributed by atoms with Crippen molar-refractivity contribution in [1.82, 2.24) is 10.6 Å². The lowest BCUT2D eigenvalue weighted by Gasteiger charge is -2.25. The average molecular weight is 329 g/mol. The van der Waals surface area contributed by atoms with Gasteiger partial charge in [0, 0.05) is 34.6 Å². The Kier molecular flexibility index (Phi) is 4.41. The third kappa shape index (κ3) is 3.34. The molecule has 0 aromatic heterocycles. The summed E-state index contributed by atoms with van der Waals surface area (Å²) in [5.41, 5.74) is 0.455. The van der Waals surface area contributed by atoms with Crippen molar-refractivity contribution in [3.8, 4) is 0 Å². The lowest BCUT2D eigenvalue weighted by Crippen LogP contribution is -2.45. The summed E-state index contributed by atoms with van der Waals surface area (Å²) in [6, 6.07) is 5.52. The van der Waals surface area contributed by atoms with Gasteiger partial charge in [-0.1, -0.05) is 29.3 Å². The van der Waals surface area contributed by atoms with Crippen LogP contribution in [-0.4, -0.2) is 31.7 Å². The van der Waals surface area contributed by atoms with Crippen LogP contribution in [0.15, 0.2) is 18.2 Å². The number of halogens is 2. The van der Waals surface area contributed by atoms with Crippen molar-refractivity contribution >= 4 is 29.1 Å². The Morgan fingerprint density at radius 3 is 2.67 bits per heavy atom. The summed E-state index contributed by atoms with van der Waals surface area (Å²) in [6.07, 6.45) is 2.15. The summed E-state index contributed by atoms with van der Waals surface area (Å²) < 4.78 is 5.37. The Morgan fingerprint density at radius 2 is 2.10 bits per heavy atom. The van der Waals surface area contributed by atoms with E-state index in [1.54, 1.807) is 0 Å². The van der Waals surface area contributed by atoms with Gasteiger partial charge in [-0.2, -0.15) is 0 Å². The SMILES string of the molecule is O=C(CC1COCCN1)NC1(c2c(Cl)cccc2Cl)CC1. The van der Waals surface area contributed by atoms with Crippen LogP contribution in [0.2, 0.25) is 10.0 Å². The highest BCUT2D eigenvalue weighted by Gasteiger charge is 2.48. The second-order valence-electron chi connectivity index (χ2n) is 5.66. The molecule has 1 atom stereocenters. The lowest BCUT2D eigenvalue weighted by molar-refractivity contribution is -0.123. The van der Waals surface area contributed by atoms with Crippen LogP contribution < -0.4 is 10.6 Å². The first-order valence-electron chi connectivity index (χ1n) is 7.17. The Morgan fingerprint density at radius 1 is 1.38 bits per heavy atom. The average Bonchev–Trinajstić information content (AvgIpc) is 3.19. The minimum atomic E-state index is -0.387. The molecule has 21 heavy (non-hydrogen) atoms. The number of ether oxygens (including phenoxy) is 1. The molecule has 1 unspecified atom stereocenters.